The predicted octanol–water partition coefficient (Wildman–Crippen LogP) is 2.73. The minimum absolute atomic E-state index is 0.289. The second-order valence-corrected chi connectivity index (χ2v) is 6.94. The number of likely N-dealkylation sites (N-methyl/N-ethyl adjacent to an activating group) is 1. The maximum absolute atomic E-state index is 12.7. The number of ether oxygens (including phenoxy) is 1. The van der Waals surface area contributed by atoms with Crippen LogP contribution in [0.4, 0.5) is 0 Å². The summed E-state index contributed by atoms with van der Waals surface area (Å²) in [5.74, 6) is 0.672. The van der Waals surface area contributed by atoms with E-state index in [1.54, 1.807) is 36.7 Å². The molecule has 0 saturated heterocycles. The maximum atomic E-state index is 12.7. The smallest absolute Gasteiger partial charge is 0.243 e. The molecule has 0 aliphatic carbocycles. The van der Waals surface area contributed by atoms with Gasteiger partial charge in [-0.1, -0.05) is 6.92 Å². The van der Waals surface area contributed by atoms with Crippen LogP contribution in [0.1, 0.15) is 19.4 Å². The molecular formula is C17H22N2O3S. The Bertz CT molecular complexity index is 700. The molecule has 1 heterocycles. The summed E-state index contributed by atoms with van der Waals surface area (Å²) in [5.41, 5.74) is 1.07. The molecule has 0 amide bonds. The largest absolute Gasteiger partial charge is 0.494 e. The molecule has 6 heteroatoms. The van der Waals surface area contributed by atoms with Crippen LogP contribution in [0.2, 0.25) is 0 Å². The number of rotatable bonds is 8. The minimum atomic E-state index is -3.49. The Morgan fingerprint density at radius 1 is 1.04 bits per heavy atom. The van der Waals surface area contributed by atoms with Crippen LogP contribution in [0, 0.1) is 0 Å². The molecule has 0 aliphatic rings. The van der Waals surface area contributed by atoms with E-state index in [-0.39, 0.29) is 4.90 Å². The van der Waals surface area contributed by atoms with E-state index >= 15 is 0 Å². The fourth-order valence-corrected chi connectivity index (χ4v) is 3.72. The zero-order valence-corrected chi connectivity index (χ0v) is 14.3. The van der Waals surface area contributed by atoms with Gasteiger partial charge in [0.05, 0.1) is 11.5 Å². The number of nitrogens with zero attached hydrogens (tertiary/aromatic N) is 2. The SMILES string of the molecule is CCOc1ccc(S(=O)(=O)N(CC)CCc2ccncc2)cc1. The summed E-state index contributed by atoms with van der Waals surface area (Å²) in [7, 11) is -3.49. The van der Waals surface area contributed by atoms with Crippen LogP contribution >= 0.6 is 0 Å². The van der Waals surface area contributed by atoms with Crippen molar-refractivity contribution in [2.75, 3.05) is 19.7 Å². The maximum Gasteiger partial charge on any atom is 0.243 e. The van der Waals surface area contributed by atoms with E-state index < -0.39 is 10.0 Å². The van der Waals surface area contributed by atoms with Crippen molar-refractivity contribution in [1.82, 2.24) is 9.29 Å². The zero-order chi connectivity index (χ0) is 16.7. The Balaban J connectivity index is 2.11. The third kappa shape index (κ3) is 4.53. The summed E-state index contributed by atoms with van der Waals surface area (Å²) in [6, 6.07) is 10.4. The third-order valence-electron chi connectivity index (χ3n) is 3.52. The average Bonchev–Trinajstić information content (AvgIpc) is 2.57. The topological polar surface area (TPSA) is 59.5 Å². The second-order valence-electron chi connectivity index (χ2n) is 5.01. The molecule has 5 nitrogen and oxygen atoms in total. The molecule has 1 aromatic heterocycles. The van der Waals surface area contributed by atoms with E-state index in [2.05, 4.69) is 4.98 Å². The van der Waals surface area contributed by atoms with Gasteiger partial charge in [-0.25, -0.2) is 8.42 Å². The standard InChI is InChI=1S/C17H22N2O3S/c1-3-19(14-11-15-9-12-18-13-10-15)23(20,21)17-7-5-16(6-8-17)22-4-2/h5-10,12-13H,3-4,11,14H2,1-2H3. The molecule has 0 atom stereocenters. The molecule has 0 fully saturated rings. The van der Waals surface area contributed by atoms with E-state index in [4.69, 9.17) is 4.74 Å². The monoisotopic (exact) mass is 334 g/mol. The molecule has 0 aliphatic heterocycles. The summed E-state index contributed by atoms with van der Waals surface area (Å²) in [6.07, 6.45) is 4.09. The summed E-state index contributed by atoms with van der Waals surface area (Å²) >= 11 is 0. The molecule has 0 saturated carbocycles. The predicted molar refractivity (Wildman–Crippen MR) is 90.0 cm³/mol. The lowest BCUT2D eigenvalue weighted by Gasteiger charge is -2.20. The number of hydrogen-bond donors (Lipinski definition) is 0. The minimum Gasteiger partial charge on any atom is -0.494 e. The van der Waals surface area contributed by atoms with Gasteiger partial charge in [0.25, 0.3) is 0 Å². The first-order chi connectivity index (χ1) is 11.1. The Morgan fingerprint density at radius 2 is 1.70 bits per heavy atom. The number of sulfonamides is 1. The van der Waals surface area contributed by atoms with Gasteiger partial charge in [0.1, 0.15) is 5.75 Å². The van der Waals surface area contributed by atoms with Crippen LogP contribution in [0.15, 0.2) is 53.7 Å². The van der Waals surface area contributed by atoms with E-state index in [0.29, 0.717) is 31.9 Å². The first-order valence-corrected chi connectivity index (χ1v) is 9.13. The van der Waals surface area contributed by atoms with Gasteiger partial charge < -0.3 is 4.74 Å². The highest BCUT2D eigenvalue weighted by Gasteiger charge is 2.22. The Kier molecular flexibility index (Phi) is 6.12. The van der Waals surface area contributed by atoms with Gasteiger partial charge in [-0.2, -0.15) is 4.31 Å². The van der Waals surface area contributed by atoms with Crippen molar-refractivity contribution in [3.05, 3.63) is 54.4 Å². The molecule has 0 radical (unpaired) electrons. The first-order valence-electron chi connectivity index (χ1n) is 7.69. The first kappa shape index (κ1) is 17.4. The van der Waals surface area contributed by atoms with Gasteiger partial charge in [-0.15, -0.1) is 0 Å². The van der Waals surface area contributed by atoms with Crippen molar-refractivity contribution in [2.24, 2.45) is 0 Å². The van der Waals surface area contributed by atoms with Crippen LogP contribution in [-0.2, 0) is 16.4 Å². The Hall–Kier alpha value is -1.92. The number of aromatic nitrogens is 1. The highest BCUT2D eigenvalue weighted by molar-refractivity contribution is 7.89. The lowest BCUT2D eigenvalue weighted by molar-refractivity contribution is 0.340. The normalized spacial score (nSPS) is 11.6. The van der Waals surface area contributed by atoms with Crippen LogP contribution in [0.25, 0.3) is 0 Å². The van der Waals surface area contributed by atoms with Crippen molar-refractivity contribution >= 4 is 10.0 Å². The van der Waals surface area contributed by atoms with Gasteiger partial charge in [0.2, 0.25) is 10.0 Å². The number of benzene rings is 1. The molecule has 2 rings (SSSR count). The zero-order valence-electron chi connectivity index (χ0n) is 13.5. The van der Waals surface area contributed by atoms with Crippen LogP contribution in [0.3, 0.4) is 0 Å². The van der Waals surface area contributed by atoms with Crippen molar-refractivity contribution in [2.45, 2.75) is 25.2 Å². The summed E-state index contributed by atoms with van der Waals surface area (Å²) in [5, 5.41) is 0. The van der Waals surface area contributed by atoms with Crippen molar-refractivity contribution in [3.8, 4) is 5.75 Å². The Morgan fingerprint density at radius 3 is 2.26 bits per heavy atom. The number of hydrogen-bond acceptors (Lipinski definition) is 4. The molecule has 0 N–H and O–H groups in total. The van der Waals surface area contributed by atoms with E-state index in [0.717, 1.165) is 5.56 Å². The molecular weight excluding hydrogens is 312 g/mol. The molecule has 23 heavy (non-hydrogen) atoms. The molecule has 1 aromatic carbocycles. The van der Waals surface area contributed by atoms with Crippen LogP contribution in [-0.4, -0.2) is 37.4 Å². The lowest BCUT2D eigenvalue weighted by Crippen LogP contribution is -2.32. The molecule has 2 aromatic rings. The molecule has 0 bridgehead atoms. The van der Waals surface area contributed by atoms with E-state index in [9.17, 15) is 8.42 Å². The molecule has 0 unspecified atom stereocenters. The van der Waals surface area contributed by atoms with Gasteiger partial charge in [0.15, 0.2) is 0 Å². The Labute approximate surface area is 138 Å². The van der Waals surface area contributed by atoms with Crippen molar-refractivity contribution in [1.29, 1.82) is 0 Å². The highest BCUT2D eigenvalue weighted by Crippen LogP contribution is 2.20. The fraction of sp³-hybridized carbons (Fsp3) is 0.353. The van der Waals surface area contributed by atoms with Gasteiger partial charge >= 0.3 is 0 Å². The number of pyridine rings is 1. The fourth-order valence-electron chi connectivity index (χ4n) is 2.28. The van der Waals surface area contributed by atoms with Crippen LogP contribution < -0.4 is 4.74 Å². The van der Waals surface area contributed by atoms with Gasteiger partial charge in [0, 0.05) is 25.5 Å². The quantitative estimate of drug-likeness (QED) is 0.745. The third-order valence-corrected chi connectivity index (χ3v) is 5.51. The molecule has 0 spiro atoms. The van der Waals surface area contributed by atoms with Crippen molar-refractivity contribution < 1.29 is 13.2 Å². The molecule has 124 valence electrons. The average molecular weight is 334 g/mol. The lowest BCUT2D eigenvalue weighted by atomic mass is 10.2. The summed E-state index contributed by atoms with van der Waals surface area (Å²) < 4.78 is 32.3. The van der Waals surface area contributed by atoms with Crippen LogP contribution in [0.5, 0.6) is 5.75 Å². The summed E-state index contributed by atoms with van der Waals surface area (Å²) in [4.78, 5) is 4.26. The van der Waals surface area contributed by atoms with Gasteiger partial charge in [-0.05, 0) is 55.3 Å². The van der Waals surface area contributed by atoms with E-state index in [1.165, 1.54) is 4.31 Å². The van der Waals surface area contributed by atoms with E-state index in [1.807, 2.05) is 26.0 Å². The van der Waals surface area contributed by atoms with Gasteiger partial charge in [-0.3, -0.25) is 4.98 Å². The summed E-state index contributed by atoms with van der Waals surface area (Å²) in [6.45, 7) is 5.16. The highest BCUT2D eigenvalue weighted by atomic mass is 32.2. The second kappa shape index (κ2) is 8.08. The van der Waals surface area contributed by atoms with Crippen molar-refractivity contribution in [3.63, 3.8) is 0 Å².